The second kappa shape index (κ2) is 11.0. The highest BCUT2D eigenvalue weighted by molar-refractivity contribution is 9.10. The van der Waals surface area contributed by atoms with Crippen molar-refractivity contribution in [3.63, 3.8) is 0 Å². The second-order valence-corrected chi connectivity index (χ2v) is 9.07. The Morgan fingerprint density at radius 2 is 2.10 bits per heavy atom. The molecule has 12 nitrogen and oxygen atoms in total. The quantitative estimate of drug-likeness (QED) is 0.149. The van der Waals surface area contributed by atoms with Crippen LogP contribution in [0, 0.1) is 5.82 Å². The summed E-state index contributed by atoms with van der Waals surface area (Å²) in [6, 6.07) is 4.00. The molecule has 0 bridgehead atoms. The third-order valence-electron chi connectivity index (χ3n) is 3.34. The van der Waals surface area contributed by atoms with E-state index in [-0.39, 0.29) is 46.9 Å². The first kappa shape index (κ1) is 24.5. The van der Waals surface area contributed by atoms with Crippen LogP contribution in [0.1, 0.15) is 19.5 Å². The Bertz CT molecular complexity index is 1060. The molecule has 5 N–H and O–H groups in total. The molecule has 15 heteroatoms. The molecule has 170 valence electrons. The van der Waals surface area contributed by atoms with Crippen molar-refractivity contribution in [1.29, 1.82) is 0 Å². The van der Waals surface area contributed by atoms with Crippen LogP contribution in [0.4, 0.5) is 15.9 Å². The highest BCUT2D eigenvalue weighted by atomic mass is 79.9. The molecule has 0 amide bonds. The molecule has 2 rings (SSSR count). The van der Waals surface area contributed by atoms with E-state index in [1.54, 1.807) is 0 Å². The number of sulfonamides is 1. The molecule has 1 aromatic heterocycles. The van der Waals surface area contributed by atoms with E-state index in [1.807, 2.05) is 19.3 Å². The summed E-state index contributed by atoms with van der Waals surface area (Å²) in [6.07, 6.45) is 1.03. The minimum atomic E-state index is -3.49. The molecule has 0 atom stereocenters. The molecule has 31 heavy (non-hydrogen) atoms. The van der Waals surface area contributed by atoms with Crippen LogP contribution >= 0.6 is 15.9 Å². The summed E-state index contributed by atoms with van der Waals surface area (Å²) < 4.78 is 43.5. The lowest BCUT2D eigenvalue weighted by molar-refractivity contribution is 0.234. The summed E-state index contributed by atoms with van der Waals surface area (Å²) in [4.78, 5) is 8.32. The average Bonchev–Trinajstić information content (AvgIpc) is 3.12. The van der Waals surface area contributed by atoms with E-state index in [2.05, 4.69) is 51.6 Å². The predicted octanol–water partition coefficient (Wildman–Crippen LogP) is 1.34. The third kappa shape index (κ3) is 8.10. The van der Waals surface area contributed by atoms with Gasteiger partial charge >= 0.3 is 0 Å². The van der Waals surface area contributed by atoms with Crippen molar-refractivity contribution in [3.05, 3.63) is 34.2 Å². The second-order valence-electron chi connectivity index (χ2n) is 6.46. The normalized spacial score (nSPS) is 12.7. The van der Waals surface area contributed by atoms with Gasteiger partial charge in [0.1, 0.15) is 5.82 Å². The summed E-state index contributed by atoms with van der Waals surface area (Å²) in [5, 5.41) is 22.7. The Hall–Kier alpha value is -2.78. The van der Waals surface area contributed by atoms with E-state index in [0.717, 1.165) is 6.26 Å². The maximum absolute atomic E-state index is 13.4. The lowest BCUT2D eigenvalue weighted by atomic mass is 10.3. The lowest BCUT2D eigenvalue weighted by Crippen LogP contribution is -2.43. The first-order chi connectivity index (χ1) is 14.6. The molecule has 0 spiro atoms. The van der Waals surface area contributed by atoms with Gasteiger partial charge in [-0.25, -0.2) is 22.4 Å². The molecule has 0 radical (unpaired) electrons. The zero-order chi connectivity index (χ0) is 23.0. The number of nitrogens with one attached hydrogen (secondary N) is 4. The van der Waals surface area contributed by atoms with Crippen LogP contribution in [0.5, 0.6) is 0 Å². The van der Waals surface area contributed by atoms with E-state index >= 15 is 0 Å². The number of benzene rings is 1. The first-order valence-electron chi connectivity index (χ1n) is 8.88. The zero-order valence-electron chi connectivity index (χ0n) is 16.8. The molecule has 0 fully saturated rings. The molecule has 0 saturated heterocycles. The van der Waals surface area contributed by atoms with E-state index in [9.17, 15) is 18.0 Å². The van der Waals surface area contributed by atoms with Gasteiger partial charge in [-0.2, -0.15) is 0 Å². The summed E-state index contributed by atoms with van der Waals surface area (Å²) in [5.74, 6) is -0.281. The topological polar surface area (TPSA) is 166 Å². The Labute approximate surface area is 186 Å². The van der Waals surface area contributed by atoms with Crippen LogP contribution < -0.4 is 20.8 Å². The number of nitrogens with zero attached hydrogens (tertiary/aromatic N) is 4. The standard InChI is InChI=1S/C16H22BrFN8O4S/c1-9(2)21-16(26-31(3,28)29)20-7-6-19-14-13(24-30-25-14)15(23-27)22-10-4-5-12(18)11(17)8-10/h4-5,8-9,27H,6-7H2,1-3H3,(H,19,25)(H,22,23)(H2,20,21,26). The molecular weight excluding hydrogens is 499 g/mol. The van der Waals surface area contributed by atoms with E-state index in [0.29, 0.717) is 5.69 Å². The molecule has 0 aliphatic carbocycles. The highest BCUT2D eigenvalue weighted by Crippen LogP contribution is 2.23. The van der Waals surface area contributed by atoms with E-state index in [1.165, 1.54) is 18.2 Å². The number of aromatic nitrogens is 2. The highest BCUT2D eigenvalue weighted by Gasteiger charge is 2.16. The number of halogens is 2. The Morgan fingerprint density at radius 1 is 1.35 bits per heavy atom. The van der Waals surface area contributed by atoms with Crippen LogP contribution in [-0.2, 0) is 10.0 Å². The number of hydrogen-bond acceptors (Lipinski definition) is 9. The van der Waals surface area contributed by atoms with Crippen molar-refractivity contribution in [2.24, 2.45) is 9.98 Å². The van der Waals surface area contributed by atoms with Gasteiger partial charge in [0.15, 0.2) is 11.5 Å². The maximum Gasteiger partial charge on any atom is 0.232 e. The molecule has 0 aliphatic heterocycles. The van der Waals surface area contributed by atoms with Gasteiger partial charge in [-0.1, -0.05) is 0 Å². The fraction of sp³-hybridized carbons (Fsp3) is 0.375. The summed E-state index contributed by atoms with van der Waals surface area (Å²) >= 11 is 3.06. The van der Waals surface area contributed by atoms with Crippen LogP contribution in [0.15, 0.2) is 37.3 Å². The van der Waals surface area contributed by atoms with Crippen molar-refractivity contribution in [2.75, 3.05) is 24.7 Å². The molecule has 0 unspecified atom stereocenters. The van der Waals surface area contributed by atoms with Gasteiger partial charge in [0.05, 0.1) is 23.0 Å². The number of anilines is 1. The number of rotatable bonds is 8. The van der Waals surface area contributed by atoms with Crippen LogP contribution in [0.2, 0.25) is 0 Å². The third-order valence-corrected chi connectivity index (χ3v) is 4.52. The van der Waals surface area contributed by atoms with Gasteiger partial charge < -0.3 is 10.6 Å². The number of guanidine groups is 1. The molecule has 2 aromatic rings. The van der Waals surface area contributed by atoms with Crippen LogP contribution in [0.25, 0.3) is 0 Å². The van der Waals surface area contributed by atoms with Crippen molar-refractivity contribution in [2.45, 2.75) is 19.9 Å². The Balaban J connectivity index is 2.10. The maximum atomic E-state index is 13.4. The van der Waals surface area contributed by atoms with Crippen LogP contribution in [-0.4, -0.2) is 61.1 Å². The van der Waals surface area contributed by atoms with Gasteiger partial charge in [0, 0.05) is 12.6 Å². The van der Waals surface area contributed by atoms with Crippen molar-refractivity contribution in [3.8, 4) is 0 Å². The number of amidine groups is 1. The first-order valence-corrected chi connectivity index (χ1v) is 11.6. The van der Waals surface area contributed by atoms with Gasteiger partial charge in [-0.3, -0.25) is 20.4 Å². The largest absolute Gasteiger partial charge is 0.363 e. The fourth-order valence-corrected chi connectivity index (χ4v) is 3.01. The predicted molar refractivity (Wildman–Crippen MR) is 117 cm³/mol. The van der Waals surface area contributed by atoms with E-state index in [4.69, 9.17) is 4.63 Å². The summed E-state index contributed by atoms with van der Waals surface area (Å²) in [5.41, 5.74) is 2.31. The van der Waals surface area contributed by atoms with Gasteiger partial charge in [0.25, 0.3) is 0 Å². The molecule has 0 aliphatic rings. The van der Waals surface area contributed by atoms with E-state index < -0.39 is 15.8 Å². The van der Waals surface area contributed by atoms with Crippen molar-refractivity contribution in [1.82, 2.24) is 25.8 Å². The van der Waals surface area contributed by atoms with Crippen molar-refractivity contribution >= 4 is 49.3 Å². The molecule has 0 saturated carbocycles. The zero-order valence-corrected chi connectivity index (χ0v) is 19.3. The smallest absolute Gasteiger partial charge is 0.232 e. The number of aliphatic imine (C=N–C) groups is 2. The van der Waals surface area contributed by atoms with Crippen molar-refractivity contribution < 1.29 is 22.6 Å². The molecule has 1 heterocycles. The van der Waals surface area contributed by atoms with Gasteiger partial charge in [-0.05, 0) is 58.3 Å². The minimum absolute atomic E-state index is 0.0341. The monoisotopic (exact) mass is 520 g/mol. The summed E-state index contributed by atoms with van der Waals surface area (Å²) in [6.45, 7) is 4.09. The Morgan fingerprint density at radius 3 is 2.71 bits per heavy atom. The number of hydroxylamine groups is 1. The lowest BCUT2D eigenvalue weighted by Gasteiger charge is -2.13. The number of hydrogen-bond donors (Lipinski definition) is 5. The average molecular weight is 521 g/mol. The van der Waals surface area contributed by atoms with Gasteiger partial charge in [0.2, 0.25) is 21.8 Å². The van der Waals surface area contributed by atoms with Crippen LogP contribution in [0.3, 0.4) is 0 Å². The summed E-state index contributed by atoms with van der Waals surface area (Å²) in [7, 11) is -3.49. The minimum Gasteiger partial charge on any atom is -0.363 e. The Kier molecular flexibility index (Phi) is 8.70. The van der Waals surface area contributed by atoms with Gasteiger partial charge in [-0.15, -0.1) is 0 Å². The fourth-order valence-electron chi connectivity index (χ4n) is 2.17. The SMILES string of the molecule is CC(C)NC(=NCCNc1nonc1C(=Nc1ccc(F)c(Br)c1)NO)NS(C)(=O)=O. The molecular formula is C16H22BrFN8O4S. The molecule has 1 aromatic carbocycles.